The quantitative estimate of drug-likeness (QED) is 0.361. The molecule has 1 amide bonds. The first-order valence-electron chi connectivity index (χ1n) is 11.3. The van der Waals surface area contributed by atoms with E-state index in [-0.39, 0.29) is 18.4 Å². The van der Waals surface area contributed by atoms with Crippen LogP contribution in [0, 0.1) is 5.92 Å². The maximum Gasteiger partial charge on any atom is 0.246 e. The standard InChI is InChI=1S/C28H31N3O/c1-20(2)18-22-14-16-23(17-15-22)21(3)28-29-25-12-8-9-13-26(25)31(28)19-27(32)30(4)24-10-6-5-7-11-24/h5-17,20-21H,18-19H2,1-4H3/t21-/m1/s1. The highest BCUT2D eigenvalue weighted by atomic mass is 16.2. The molecular weight excluding hydrogens is 394 g/mol. The van der Waals surface area contributed by atoms with Gasteiger partial charge in [-0.15, -0.1) is 0 Å². The van der Waals surface area contributed by atoms with Crippen LogP contribution >= 0.6 is 0 Å². The molecule has 1 heterocycles. The molecule has 0 bridgehead atoms. The van der Waals surface area contributed by atoms with Crippen molar-refractivity contribution in [2.24, 2.45) is 5.92 Å². The molecule has 0 aliphatic rings. The molecule has 164 valence electrons. The zero-order chi connectivity index (χ0) is 22.7. The van der Waals surface area contributed by atoms with E-state index in [4.69, 9.17) is 4.98 Å². The lowest BCUT2D eigenvalue weighted by Gasteiger charge is -2.20. The third kappa shape index (κ3) is 4.59. The number of carbonyl (C=O) groups is 1. The van der Waals surface area contributed by atoms with Crippen molar-refractivity contribution in [3.63, 3.8) is 0 Å². The van der Waals surface area contributed by atoms with Crippen LogP contribution in [0.5, 0.6) is 0 Å². The molecule has 32 heavy (non-hydrogen) atoms. The molecule has 0 aliphatic heterocycles. The van der Waals surface area contributed by atoms with Crippen molar-refractivity contribution in [2.45, 2.75) is 39.7 Å². The van der Waals surface area contributed by atoms with Crippen molar-refractivity contribution in [3.8, 4) is 0 Å². The highest BCUT2D eigenvalue weighted by Gasteiger charge is 2.21. The van der Waals surface area contributed by atoms with Gasteiger partial charge in [-0.2, -0.15) is 0 Å². The highest BCUT2D eigenvalue weighted by Crippen LogP contribution is 2.28. The van der Waals surface area contributed by atoms with Gasteiger partial charge in [-0.1, -0.05) is 75.4 Å². The van der Waals surface area contributed by atoms with Crippen molar-refractivity contribution in [2.75, 3.05) is 11.9 Å². The number of imidazole rings is 1. The van der Waals surface area contributed by atoms with Gasteiger partial charge in [0.1, 0.15) is 12.4 Å². The van der Waals surface area contributed by atoms with Crippen molar-refractivity contribution < 1.29 is 4.79 Å². The lowest BCUT2D eigenvalue weighted by molar-refractivity contribution is -0.118. The first-order chi connectivity index (χ1) is 15.4. The van der Waals surface area contributed by atoms with E-state index >= 15 is 0 Å². The summed E-state index contributed by atoms with van der Waals surface area (Å²) in [6.45, 7) is 6.89. The van der Waals surface area contributed by atoms with E-state index in [1.54, 1.807) is 4.90 Å². The van der Waals surface area contributed by atoms with Crippen molar-refractivity contribution in [1.82, 2.24) is 9.55 Å². The number of aromatic nitrogens is 2. The fourth-order valence-electron chi connectivity index (χ4n) is 4.19. The van der Waals surface area contributed by atoms with Crippen LogP contribution in [0.1, 0.15) is 43.6 Å². The monoisotopic (exact) mass is 425 g/mol. The number of hydrogen-bond donors (Lipinski definition) is 0. The molecule has 4 heteroatoms. The maximum atomic E-state index is 13.2. The summed E-state index contributed by atoms with van der Waals surface area (Å²) >= 11 is 0. The smallest absolute Gasteiger partial charge is 0.246 e. The number of anilines is 1. The Bertz CT molecular complexity index is 1190. The van der Waals surface area contributed by atoms with E-state index in [2.05, 4.69) is 49.6 Å². The van der Waals surface area contributed by atoms with Crippen LogP contribution < -0.4 is 4.90 Å². The second kappa shape index (κ2) is 9.39. The van der Waals surface area contributed by atoms with E-state index in [1.165, 1.54) is 11.1 Å². The third-order valence-corrected chi connectivity index (χ3v) is 6.01. The number of likely N-dealkylation sites (N-methyl/N-ethyl adjacent to an activating group) is 1. The summed E-state index contributed by atoms with van der Waals surface area (Å²) in [4.78, 5) is 19.8. The average Bonchev–Trinajstić information content (AvgIpc) is 3.17. The first-order valence-corrected chi connectivity index (χ1v) is 11.3. The van der Waals surface area contributed by atoms with Gasteiger partial charge in [0.2, 0.25) is 5.91 Å². The van der Waals surface area contributed by atoms with Gasteiger partial charge in [0.05, 0.1) is 11.0 Å². The molecule has 0 radical (unpaired) electrons. The van der Waals surface area contributed by atoms with Crippen molar-refractivity contribution >= 4 is 22.6 Å². The Morgan fingerprint density at radius 3 is 2.25 bits per heavy atom. The summed E-state index contributed by atoms with van der Waals surface area (Å²) in [6, 6.07) is 26.6. The molecule has 0 unspecified atom stereocenters. The SMILES string of the molecule is CC(C)Cc1ccc([C@@H](C)c2nc3ccccc3n2CC(=O)N(C)c2ccccc2)cc1. The van der Waals surface area contributed by atoms with Gasteiger partial charge >= 0.3 is 0 Å². The number of carbonyl (C=O) groups excluding carboxylic acids is 1. The molecule has 0 fully saturated rings. The van der Waals surface area contributed by atoms with E-state index in [9.17, 15) is 4.79 Å². The van der Waals surface area contributed by atoms with E-state index in [1.807, 2.05) is 61.6 Å². The van der Waals surface area contributed by atoms with Gasteiger partial charge in [-0.05, 0) is 47.7 Å². The minimum atomic E-state index is 0.0279. The molecule has 0 N–H and O–H groups in total. The Hall–Kier alpha value is -3.40. The zero-order valence-corrected chi connectivity index (χ0v) is 19.3. The number of amides is 1. The van der Waals surface area contributed by atoms with Crippen LogP contribution in [0.4, 0.5) is 5.69 Å². The molecule has 1 atom stereocenters. The average molecular weight is 426 g/mol. The number of benzene rings is 3. The molecule has 4 aromatic rings. The summed E-state index contributed by atoms with van der Waals surface area (Å²) in [7, 11) is 1.83. The van der Waals surface area contributed by atoms with Crippen LogP contribution in [-0.4, -0.2) is 22.5 Å². The van der Waals surface area contributed by atoms with Gasteiger partial charge in [-0.3, -0.25) is 4.79 Å². The summed E-state index contributed by atoms with van der Waals surface area (Å²) in [5, 5.41) is 0. The molecule has 3 aromatic carbocycles. The Kier molecular flexibility index (Phi) is 6.40. The van der Waals surface area contributed by atoms with Crippen LogP contribution in [-0.2, 0) is 17.8 Å². The minimum Gasteiger partial charge on any atom is -0.318 e. The highest BCUT2D eigenvalue weighted by molar-refractivity contribution is 5.93. The first kappa shape index (κ1) is 21.8. The third-order valence-electron chi connectivity index (χ3n) is 6.01. The molecular formula is C28H31N3O. The molecule has 4 rings (SSSR count). The fourth-order valence-corrected chi connectivity index (χ4v) is 4.19. The second-order valence-electron chi connectivity index (χ2n) is 8.89. The van der Waals surface area contributed by atoms with Crippen molar-refractivity contribution in [1.29, 1.82) is 0 Å². The number of nitrogens with zero attached hydrogens (tertiary/aromatic N) is 3. The van der Waals surface area contributed by atoms with Crippen LogP contribution in [0.15, 0.2) is 78.9 Å². The number of rotatable bonds is 7. The molecule has 1 aromatic heterocycles. The van der Waals surface area contributed by atoms with Gasteiger partial charge in [0.15, 0.2) is 0 Å². The Labute approximate surface area is 190 Å². The van der Waals surface area contributed by atoms with Crippen LogP contribution in [0.2, 0.25) is 0 Å². The van der Waals surface area contributed by atoms with Crippen molar-refractivity contribution in [3.05, 3.63) is 95.8 Å². The predicted octanol–water partition coefficient (Wildman–Crippen LogP) is 6.05. The summed E-state index contributed by atoms with van der Waals surface area (Å²) < 4.78 is 2.07. The Balaban J connectivity index is 1.66. The van der Waals surface area contributed by atoms with Gasteiger partial charge < -0.3 is 9.47 Å². The largest absolute Gasteiger partial charge is 0.318 e. The topological polar surface area (TPSA) is 38.1 Å². The lowest BCUT2D eigenvalue weighted by Crippen LogP contribution is -2.30. The van der Waals surface area contributed by atoms with Crippen LogP contribution in [0.3, 0.4) is 0 Å². The number of hydrogen-bond acceptors (Lipinski definition) is 2. The minimum absolute atomic E-state index is 0.0279. The van der Waals surface area contributed by atoms with E-state index < -0.39 is 0 Å². The van der Waals surface area contributed by atoms with Gasteiger partial charge in [0, 0.05) is 18.7 Å². The van der Waals surface area contributed by atoms with E-state index in [0.717, 1.165) is 29.0 Å². The molecule has 4 nitrogen and oxygen atoms in total. The Morgan fingerprint density at radius 1 is 0.906 bits per heavy atom. The normalized spacial score (nSPS) is 12.3. The summed E-state index contributed by atoms with van der Waals surface area (Å²) in [5.41, 5.74) is 5.35. The molecule has 0 spiro atoms. The maximum absolute atomic E-state index is 13.2. The molecule has 0 saturated carbocycles. The number of para-hydroxylation sites is 3. The molecule has 0 saturated heterocycles. The van der Waals surface area contributed by atoms with Gasteiger partial charge in [0.25, 0.3) is 0 Å². The number of fused-ring (bicyclic) bond motifs is 1. The summed E-state index contributed by atoms with van der Waals surface area (Å²) in [6.07, 6.45) is 1.08. The second-order valence-corrected chi connectivity index (χ2v) is 8.89. The lowest BCUT2D eigenvalue weighted by atomic mass is 9.96. The Morgan fingerprint density at radius 2 is 1.56 bits per heavy atom. The fraction of sp³-hybridized carbons (Fsp3) is 0.286. The summed E-state index contributed by atoms with van der Waals surface area (Å²) in [5.74, 6) is 1.65. The van der Waals surface area contributed by atoms with E-state index in [0.29, 0.717) is 5.92 Å². The predicted molar refractivity (Wildman–Crippen MR) is 132 cm³/mol. The van der Waals surface area contributed by atoms with Crippen LogP contribution in [0.25, 0.3) is 11.0 Å². The zero-order valence-electron chi connectivity index (χ0n) is 19.3. The van der Waals surface area contributed by atoms with Gasteiger partial charge in [-0.25, -0.2) is 4.98 Å². The molecule has 0 aliphatic carbocycles.